The number of nitriles is 1. The largest absolute Gasteiger partial charge is 0.352 e. The van der Waals surface area contributed by atoms with Crippen LogP contribution in [-0.4, -0.2) is 17.5 Å². The maximum absolute atomic E-state index is 12.5. The lowest BCUT2D eigenvalue weighted by Crippen LogP contribution is -2.49. The quantitative estimate of drug-likeness (QED) is 0.772. The molecule has 1 fully saturated rings. The highest BCUT2D eigenvalue weighted by atomic mass is 16.2. The molecule has 1 aliphatic carbocycles. The number of benzene rings is 1. The predicted octanol–water partition coefficient (Wildman–Crippen LogP) is 2.44. The summed E-state index contributed by atoms with van der Waals surface area (Å²) in [5.41, 5.74) is 6.30. The number of amides is 3. The van der Waals surface area contributed by atoms with Crippen molar-refractivity contribution in [2.24, 2.45) is 5.73 Å². The van der Waals surface area contributed by atoms with Gasteiger partial charge in [-0.25, -0.2) is 4.79 Å². The Balaban J connectivity index is 2.11. The molecule has 0 aromatic heterocycles. The molecule has 0 bridgehead atoms. The molecule has 1 atom stereocenters. The number of nitrogens with two attached hydrogens (primary N) is 1. The molecule has 0 saturated heterocycles. The summed E-state index contributed by atoms with van der Waals surface area (Å²) < 4.78 is 0. The third-order valence-electron chi connectivity index (χ3n) is 4.57. The lowest BCUT2D eigenvalue weighted by atomic mass is 9.82. The number of hydrogen-bond acceptors (Lipinski definition) is 3. The Kier molecular flexibility index (Phi) is 5.80. The van der Waals surface area contributed by atoms with Gasteiger partial charge < -0.3 is 16.4 Å². The van der Waals surface area contributed by atoms with Crippen molar-refractivity contribution in [1.29, 1.82) is 5.26 Å². The first-order chi connectivity index (χ1) is 11.5. The zero-order valence-corrected chi connectivity index (χ0v) is 14.0. The van der Waals surface area contributed by atoms with Gasteiger partial charge in [-0.15, -0.1) is 0 Å². The Bertz CT molecular complexity index is 645. The third kappa shape index (κ3) is 4.48. The Labute approximate surface area is 142 Å². The number of aryl methyl sites for hydroxylation is 1. The van der Waals surface area contributed by atoms with Crippen molar-refractivity contribution in [3.63, 3.8) is 0 Å². The van der Waals surface area contributed by atoms with Gasteiger partial charge in [0, 0.05) is 0 Å². The number of rotatable bonds is 5. The van der Waals surface area contributed by atoms with Crippen LogP contribution in [0.5, 0.6) is 0 Å². The first-order valence-corrected chi connectivity index (χ1v) is 8.29. The van der Waals surface area contributed by atoms with Crippen molar-refractivity contribution in [1.82, 2.24) is 10.6 Å². The van der Waals surface area contributed by atoms with E-state index in [2.05, 4.69) is 16.7 Å². The fourth-order valence-electron chi connectivity index (χ4n) is 3.31. The minimum absolute atomic E-state index is 0.0528. The van der Waals surface area contributed by atoms with Crippen molar-refractivity contribution in [3.8, 4) is 6.07 Å². The van der Waals surface area contributed by atoms with E-state index in [0.717, 1.165) is 30.4 Å². The second kappa shape index (κ2) is 7.82. The molecule has 0 radical (unpaired) electrons. The van der Waals surface area contributed by atoms with Crippen LogP contribution in [0.2, 0.25) is 0 Å². The predicted molar refractivity (Wildman–Crippen MR) is 90.8 cm³/mol. The van der Waals surface area contributed by atoms with Crippen molar-refractivity contribution in [2.75, 3.05) is 0 Å². The number of carbonyl (C=O) groups excluding carboxylic acids is 2. The van der Waals surface area contributed by atoms with Crippen LogP contribution in [0.4, 0.5) is 4.79 Å². The van der Waals surface area contributed by atoms with Crippen LogP contribution in [-0.2, 0) is 4.79 Å². The number of nitrogens with zero attached hydrogens (tertiary/aromatic N) is 1. The van der Waals surface area contributed by atoms with Gasteiger partial charge in [0.2, 0.25) is 5.91 Å². The molecular weight excluding hydrogens is 304 g/mol. The van der Waals surface area contributed by atoms with Gasteiger partial charge in [0.15, 0.2) is 0 Å². The average molecular weight is 328 g/mol. The van der Waals surface area contributed by atoms with E-state index in [1.165, 1.54) is 0 Å². The molecule has 0 spiro atoms. The van der Waals surface area contributed by atoms with E-state index in [0.29, 0.717) is 12.8 Å². The molecule has 1 aliphatic rings. The molecule has 24 heavy (non-hydrogen) atoms. The number of nitrogens with one attached hydrogen (secondary N) is 2. The monoisotopic (exact) mass is 328 g/mol. The molecular formula is C18H24N4O2. The smallest absolute Gasteiger partial charge is 0.312 e. The fourth-order valence-corrected chi connectivity index (χ4v) is 3.31. The van der Waals surface area contributed by atoms with Gasteiger partial charge in [0.25, 0.3) is 0 Å². The van der Waals surface area contributed by atoms with Gasteiger partial charge in [-0.05, 0) is 30.9 Å². The number of hydrogen-bond donors (Lipinski definition) is 3. The number of primary amides is 1. The van der Waals surface area contributed by atoms with Gasteiger partial charge in [-0.1, -0.05) is 43.5 Å². The Morgan fingerprint density at radius 1 is 1.29 bits per heavy atom. The molecule has 128 valence electrons. The number of urea groups is 1. The minimum Gasteiger partial charge on any atom is -0.352 e. The van der Waals surface area contributed by atoms with Crippen molar-refractivity contribution < 1.29 is 9.59 Å². The van der Waals surface area contributed by atoms with Gasteiger partial charge in [0.1, 0.15) is 5.54 Å². The molecule has 0 aliphatic heterocycles. The molecule has 6 heteroatoms. The van der Waals surface area contributed by atoms with Crippen molar-refractivity contribution in [3.05, 3.63) is 35.4 Å². The zero-order chi connectivity index (χ0) is 17.6. The minimum atomic E-state index is -0.779. The SMILES string of the molecule is Cc1ccccc1C(CC(=O)NC1(C#N)CCCCC1)NC(N)=O. The molecule has 1 unspecified atom stereocenters. The Morgan fingerprint density at radius 2 is 1.96 bits per heavy atom. The molecule has 1 aromatic rings. The second-order valence-electron chi connectivity index (χ2n) is 6.42. The van der Waals surface area contributed by atoms with Crippen LogP contribution < -0.4 is 16.4 Å². The van der Waals surface area contributed by atoms with Gasteiger partial charge in [-0.3, -0.25) is 4.79 Å². The summed E-state index contributed by atoms with van der Waals surface area (Å²) in [6.07, 6.45) is 4.37. The van der Waals surface area contributed by atoms with Gasteiger partial charge in [-0.2, -0.15) is 5.26 Å². The summed E-state index contributed by atoms with van der Waals surface area (Å²) in [6, 6.07) is 8.61. The first-order valence-electron chi connectivity index (χ1n) is 8.29. The maximum atomic E-state index is 12.5. The van der Waals surface area contributed by atoms with Crippen molar-refractivity contribution in [2.45, 2.75) is 57.0 Å². The Hall–Kier alpha value is -2.55. The van der Waals surface area contributed by atoms with Crippen LogP contribution in [0.1, 0.15) is 55.7 Å². The lowest BCUT2D eigenvalue weighted by molar-refractivity contribution is -0.123. The molecule has 4 N–H and O–H groups in total. The molecule has 1 aromatic carbocycles. The second-order valence-corrected chi connectivity index (χ2v) is 6.42. The molecule has 6 nitrogen and oxygen atoms in total. The van der Waals surface area contributed by atoms with E-state index in [9.17, 15) is 14.9 Å². The molecule has 3 amide bonds. The highest BCUT2D eigenvalue weighted by Crippen LogP contribution is 2.28. The zero-order valence-electron chi connectivity index (χ0n) is 14.0. The fraction of sp³-hybridized carbons (Fsp3) is 0.500. The molecule has 0 heterocycles. The summed E-state index contributed by atoms with van der Waals surface area (Å²) >= 11 is 0. The summed E-state index contributed by atoms with van der Waals surface area (Å²) in [7, 11) is 0. The van der Waals surface area contributed by atoms with E-state index >= 15 is 0 Å². The van der Waals surface area contributed by atoms with Gasteiger partial charge >= 0.3 is 6.03 Å². The highest BCUT2D eigenvalue weighted by molar-refractivity contribution is 5.80. The van der Waals surface area contributed by atoms with Crippen molar-refractivity contribution >= 4 is 11.9 Å². The van der Waals surface area contributed by atoms with E-state index in [4.69, 9.17) is 5.73 Å². The van der Waals surface area contributed by atoms with E-state index < -0.39 is 17.6 Å². The Morgan fingerprint density at radius 3 is 2.54 bits per heavy atom. The van der Waals surface area contributed by atoms with E-state index in [1.54, 1.807) is 0 Å². The maximum Gasteiger partial charge on any atom is 0.312 e. The standard InChI is InChI=1S/C18H24N4O2/c1-13-7-3-4-8-14(13)15(21-17(20)24)11-16(23)22-18(12-19)9-5-2-6-10-18/h3-4,7-8,15H,2,5-6,9-11H2,1H3,(H,22,23)(H3,20,21,24). The summed E-state index contributed by atoms with van der Waals surface area (Å²) in [6.45, 7) is 1.92. The van der Waals surface area contributed by atoms with Crippen LogP contribution in [0.15, 0.2) is 24.3 Å². The topological polar surface area (TPSA) is 108 Å². The van der Waals surface area contributed by atoms with E-state index in [1.807, 2.05) is 31.2 Å². The van der Waals surface area contributed by atoms with Crippen LogP contribution in [0, 0.1) is 18.3 Å². The summed E-state index contributed by atoms with van der Waals surface area (Å²) in [4.78, 5) is 23.8. The average Bonchev–Trinajstić information content (AvgIpc) is 2.55. The van der Waals surface area contributed by atoms with E-state index in [-0.39, 0.29) is 12.3 Å². The first kappa shape index (κ1) is 17.8. The summed E-state index contributed by atoms with van der Waals surface area (Å²) in [5.74, 6) is -0.250. The number of carbonyl (C=O) groups is 2. The molecule has 2 rings (SSSR count). The highest BCUT2D eigenvalue weighted by Gasteiger charge is 2.34. The van der Waals surface area contributed by atoms with Crippen LogP contribution >= 0.6 is 0 Å². The van der Waals surface area contributed by atoms with Crippen LogP contribution in [0.25, 0.3) is 0 Å². The molecule has 1 saturated carbocycles. The summed E-state index contributed by atoms with van der Waals surface area (Å²) in [5, 5.41) is 15.0. The lowest BCUT2D eigenvalue weighted by Gasteiger charge is -2.32. The van der Waals surface area contributed by atoms with Crippen LogP contribution in [0.3, 0.4) is 0 Å². The third-order valence-corrected chi connectivity index (χ3v) is 4.57. The normalized spacial score (nSPS) is 17.3. The van der Waals surface area contributed by atoms with Gasteiger partial charge in [0.05, 0.1) is 18.5 Å².